The summed E-state index contributed by atoms with van der Waals surface area (Å²) < 4.78 is 32.1. The molecule has 1 aromatic heterocycles. The van der Waals surface area contributed by atoms with Crippen LogP contribution in [0.5, 0.6) is 5.75 Å². The first-order chi connectivity index (χ1) is 20.5. The standard InChI is InChI=1S/C31H39ClN6O4S/c1-20(2)42-27-18-23(37-16-13-22(14-17-37)38-15-7-10-29(38)39)11-12-25(27)35-31-33-19-24(32)30(36-31)34-26-8-5-6-9-28(26)43(40,41)21(3)4/h5-6,8-9,11-12,18-22H,7,10,13-17H2,1-4H3,(H2,33,34,35,36). The van der Waals surface area contributed by atoms with Crippen LogP contribution in [0.4, 0.5) is 28.8 Å². The maximum Gasteiger partial charge on any atom is 0.229 e. The average Bonchev–Trinajstić information content (AvgIpc) is 3.41. The second kappa shape index (κ2) is 13.0. The smallest absolute Gasteiger partial charge is 0.229 e. The number of benzene rings is 2. The third-order valence-electron chi connectivity index (χ3n) is 7.77. The highest BCUT2D eigenvalue weighted by atomic mass is 35.5. The zero-order valence-electron chi connectivity index (χ0n) is 25.0. The Hall–Kier alpha value is -3.57. The quantitative estimate of drug-likeness (QED) is 0.272. The number of hydrogen-bond acceptors (Lipinski definition) is 9. The molecule has 0 unspecified atom stereocenters. The number of amides is 1. The highest BCUT2D eigenvalue weighted by Gasteiger charge is 2.31. The molecule has 0 aliphatic carbocycles. The molecular formula is C31H39ClN6O4S. The normalized spacial score (nSPS) is 16.3. The number of anilines is 5. The van der Waals surface area contributed by atoms with E-state index in [4.69, 9.17) is 16.3 Å². The number of halogens is 1. The Morgan fingerprint density at radius 2 is 1.74 bits per heavy atom. The van der Waals surface area contributed by atoms with E-state index in [1.54, 1.807) is 38.1 Å². The molecule has 2 aliphatic heterocycles. The fourth-order valence-electron chi connectivity index (χ4n) is 5.49. The zero-order valence-corrected chi connectivity index (χ0v) is 26.6. The van der Waals surface area contributed by atoms with Crippen LogP contribution in [-0.4, -0.2) is 66.2 Å². The Morgan fingerprint density at radius 3 is 2.42 bits per heavy atom. The second-order valence-electron chi connectivity index (χ2n) is 11.5. The minimum Gasteiger partial charge on any atom is -0.489 e. The van der Waals surface area contributed by atoms with Gasteiger partial charge in [-0.25, -0.2) is 13.4 Å². The molecule has 1 amide bonds. The number of para-hydroxylation sites is 1. The number of sulfone groups is 1. The van der Waals surface area contributed by atoms with Gasteiger partial charge >= 0.3 is 0 Å². The van der Waals surface area contributed by atoms with Crippen LogP contribution >= 0.6 is 11.6 Å². The van der Waals surface area contributed by atoms with E-state index >= 15 is 0 Å². The van der Waals surface area contributed by atoms with Crippen molar-refractivity contribution in [2.45, 2.75) is 75.7 Å². The summed E-state index contributed by atoms with van der Waals surface area (Å²) in [5.74, 6) is 1.49. The summed E-state index contributed by atoms with van der Waals surface area (Å²) >= 11 is 6.43. The predicted octanol–water partition coefficient (Wildman–Crippen LogP) is 6.18. The van der Waals surface area contributed by atoms with Crippen molar-refractivity contribution in [3.63, 3.8) is 0 Å². The maximum atomic E-state index is 12.9. The zero-order chi connectivity index (χ0) is 30.7. The molecule has 2 aromatic carbocycles. The van der Waals surface area contributed by atoms with Gasteiger partial charge in [0.2, 0.25) is 11.9 Å². The van der Waals surface area contributed by atoms with Crippen molar-refractivity contribution in [3.8, 4) is 5.75 Å². The lowest BCUT2D eigenvalue weighted by Gasteiger charge is -2.38. The lowest BCUT2D eigenvalue weighted by atomic mass is 10.0. The van der Waals surface area contributed by atoms with Crippen LogP contribution in [0.3, 0.4) is 0 Å². The van der Waals surface area contributed by atoms with Crippen molar-refractivity contribution >= 4 is 56.2 Å². The van der Waals surface area contributed by atoms with Gasteiger partial charge in [-0.1, -0.05) is 23.7 Å². The minimum atomic E-state index is -3.54. The molecule has 0 bridgehead atoms. The summed E-state index contributed by atoms with van der Waals surface area (Å²) in [5.41, 5.74) is 2.12. The number of aromatic nitrogens is 2. The van der Waals surface area contributed by atoms with Gasteiger partial charge in [-0.15, -0.1) is 0 Å². The molecule has 0 radical (unpaired) electrons. The maximum absolute atomic E-state index is 12.9. The monoisotopic (exact) mass is 626 g/mol. The molecule has 5 rings (SSSR count). The number of rotatable bonds is 10. The van der Waals surface area contributed by atoms with E-state index in [1.807, 2.05) is 32.0 Å². The summed E-state index contributed by atoms with van der Waals surface area (Å²) in [5, 5.41) is 5.99. The van der Waals surface area contributed by atoms with Gasteiger partial charge in [-0.2, -0.15) is 4.98 Å². The van der Waals surface area contributed by atoms with Gasteiger partial charge in [0.1, 0.15) is 10.8 Å². The number of carbonyl (C=O) groups excluding carboxylic acids is 1. The molecule has 3 heterocycles. The second-order valence-corrected chi connectivity index (χ2v) is 14.4. The molecular weight excluding hydrogens is 588 g/mol. The largest absolute Gasteiger partial charge is 0.489 e. The summed E-state index contributed by atoms with van der Waals surface area (Å²) in [7, 11) is -3.54. The number of ether oxygens (including phenoxy) is 1. The molecule has 2 N–H and O–H groups in total. The highest BCUT2D eigenvalue weighted by Crippen LogP contribution is 2.35. The van der Waals surface area contributed by atoms with Gasteiger partial charge in [0, 0.05) is 43.9 Å². The molecule has 230 valence electrons. The summed E-state index contributed by atoms with van der Waals surface area (Å²) in [6, 6.07) is 13.0. The Labute approximate surface area is 258 Å². The van der Waals surface area contributed by atoms with Crippen molar-refractivity contribution in [1.82, 2.24) is 14.9 Å². The highest BCUT2D eigenvalue weighted by molar-refractivity contribution is 7.92. The number of carbonyl (C=O) groups is 1. The molecule has 0 spiro atoms. The first-order valence-electron chi connectivity index (χ1n) is 14.8. The lowest BCUT2D eigenvalue weighted by molar-refractivity contribution is -0.130. The number of hydrogen-bond donors (Lipinski definition) is 2. The van der Waals surface area contributed by atoms with E-state index in [-0.39, 0.29) is 33.7 Å². The lowest BCUT2D eigenvalue weighted by Crippen LogP contribution is -2.45. The van der Waals surface area contributed by atoms with Gasteiger partial charge in [0.15, 0.2) is 15.7 Å². The fourth-order valence-corrected chi connectivity index (χ4v) is 6.83. The van der Waals surface area contributed by atoms with Crippen molar-refractivity contribution in [2.24, 2.45) is 0 Å². The first kappa shape index (κ1) is 30.9. The average molecular weight is 627 g/mol. The predicted molar refractivity (Wildman–Crippen MR) is 171 cm³/mol. The summed E-state index contributed by atoms with van der Waals surface area (Å²) in [4.78, 5) is 25.7. The Balaban J connectivity index is 1.35. The van der Waals surface area contributed by atoms with Crippen LogP contribution in [0.25, 0.3) is 0 Å². The van der Waals surface area contributed by atoms with Gasteiger partial charge in [0.25, 0.3) is 0 Å². The van der Waals surface area contributed by atoms with Crippen molar-refractivity contribution < 1.29 is 17.9 Å². The van der Waals surface area contributed by atoms with Crippen LogP contribution in [0.2, 0.25) is 5.02 Å². The molecule has 0 atom stereocenters. The molecule has 43 heavy (non-hydrogen) atoms. The van der Waals surface area contributed by atoms with Crippen LogP contribution in [-0.2, 0) is 14.6 Å². The fraction of sp³-hybridized carbons (Fsp3) is 0.452. The number of likely N-dealkylation sites (tertiary alicyclic amines) is 1. The summed E-state index contributed by atoms with van der Waals surface area (Å²) in [6.07, 6.45) is 4.93. The molecule has 2 fully saturated rings. The third-order valence-corrected chi connectivity index (χ3v) is 10.3. The van der Waals surface area contributed by atoms with Crippen molar-refractivity contribution in [1.29, 1.82) is 0 Å². The minimum absolute atomic E-state index is 0.0644. The molecule has 2 saturated heterocycles. The molecule has 2 aliphatic rings. The Morgan fingerprint density at radius 1 is 1.00 bits per heavy atom. The first-order valence-corrected chi connectivity index (χ1v) is 16.7. The number of piperidine rings is 1. The van der Waals surface area contributed by atoms with Crippen LogP contribution in [0, 0.1) is 0 Å². The molecule has 0 saturated carbocycles. The van der Waals surface area contributed by atoms with Crippen molar-refractivity contribution in [2.75, 3.05) is 35.2 Å². The Kier molecular flexibility index (Phi) is 9.31. The van der Waals surface area contributed by atoms with Crippen LogP contribution < -0.4 is 20.3 Å². The molecule has 12 heteroatoms. The van der Waals surface area contributed by atoms with Gasteiger partial charge < -0.3 is 25.2 Å². The van der Waals surface area contributed by atoms with E-state index in [0.717, 1.165) is 44.6 Å². The van der Waals surface area contributed by atoms with E-state index < -0.39 is 15.1 Å². The molecule has 3 aromatic rings. The van der Waals surface area contributed by atoms with E-state index in [0.29, 0.717) is 29.6 Å². The SMILES string of the molecule is CC(C)Oc1cc(N2CCC(N3CCCC3=O)CC2)ccc1Nc1ncc(Cl)c(Nc2ccccc2S(=O)(=O)C(C)C)n1. The van der Waals surface area contributed by atoms with E-state index in [9.17, 15) is 13.2 Å². The third kappa shape index (κ3) is 6.99. The van der Waals surface area contributed by atoms with Crippen molar-refractivity contribution in [3.05, 3.63) is 53.7 Å². The van der Waals surface area contributed by atoms with Gasteiger partial charge in [-0.05, 0) is 71.2 Å². The van der Waals surface area contributed by atoms with Gasteiger partial charge in [-0.3, -0.25) is 4.79 Å². The van der Waals surface area contributed by atoms with Crippen LogP contribution in [0.1, 0.15) is 53.4 Å². The van der Waals surface area contributed by atoms with Gasteiger partial charge in [0.05, 0.1) is 33.8 Å². The number of nitrogens with one attached hydrogen (secondary N) is 2. The molecule has 10 nitrogen and oxygen atoms in total. The van der Waals surface area contributed by atoms with E-state index in [1.165, 1.54) is 6.20 Å². The van der Waals surface area contributed by atoms with E-state index in [2.05, 4.69) is 30.4 Å². The summed E-state index contributed by atoms with van der Waals surface area (Å²) in [6.45, 7) is 9.84. The number of nitrogens with zero attached hydrogens (tertiary/aromatic N) is 4. The van der Waals surface area contributed by atoms with Crippen LogP contribution in [0.15, 0.2) is 53.6 Å². The topological polar surface area (TPSA) is 117 Å². The Bertz CT molecular complexity index is 1570.